The summed E-state index contributed by atoms with van der Waals surface area (Å²) in [5, 5.41) is 7.49. The number of amides is 1. The Labute approximate surface area is 135 Å². The van der Waals surface area contributed by atoms with Gasteiger partial charge in [0.25, 0.3) is 5.91 Å². The lowest BCUT2D eigenvalue weighted by molar-refractivity contribution is -0.136. The first-order valence-electron chi connectivity index (χ1n) is 7.89. The first kappa shape index (κ1) is 15.5. The van der Waals surface area contributed by atoms with Crippen molar-refractivity contribution in [1.29, 1.82) is 0 Å². The van der Waals surface area contributed by atoms with Gasteiger partial charge >= 0.3 is 0 Å². The molecule has 6 heteroatoms. The lowest BCUT2D eigenvalue weighted by Crippen LogP contribution is -2.44. The normalized spacial score (nSPS) is 21.2. The predicted octanol–water partition coefficient (Wildman–Crippen LogP) is 2.62. The predicted molar refractivity (Wildman–Crippen MR) is 84.8 cm³/mol. The maximum absolute atomic E-state index is 12.3. The van der Waals surface area contributed by atoms with Gasteiger partial charge in [0.15, 0.2) is 6.61 Å². The molecule has 0 N–H and O–H groups in total. The van der Waals surface area contributed by atoms with Crippen molar-refractivity contribution < 1.29 is 13.9 Å². The second-order valence-electron chi connectivity index (χ2n) is 6.30. The molecule has 6 nitrogen and oxygen atoms in total. The first-order chi connectivity index (χ1) is 11.1. The van der Waals surface area contributed by atoms with E-state index in [0.717, 1.165) is 18.7 Å². The van der Waals surface area contributed by atoms with E-state index >= 15 is 0 Å². The van der Waals surface area contributed by atoms with Gasteiger partial charge in [0.1, 0.15) is 5.75 Å². The highest BCUT2D eigenvalue weighted by molar-refractivity contribution is 5.78. The number of carbonyl (C=O) groups excluding carboxylic acids is 1. The summed E-state index contributed by atoms with van der Waals surface area (Å²) in [5.41, 5.74) is 0.819. The Bertz CT molecular complexity index is 630. The summed E-state index contributed by atoms with van der Waals surface area (Å²) in [7, 11) is 0. The molecule has 1 saturated heterocycles. The zero-order chi connectivity index (χ0) is 16.2. The molecule has 1 amide bonds. The number of carbonyl (C=O) groups is 1. The summed E-state index contributed by atoms with van der Waals surface area (Å²) in [4.78, 5) is 14.2. The highest BCUT2D eigenvalue weighted by Gasteiger charge is 2.25. The van der Waals surface area contributed by atoms with E-state index in [2.05, 4.69) is 24.0 Å². The van der Waals surface area contributed by atoms with Crippen molar-refractivity contribution in [2.75, 3.05) is 19.7 Å². The molecule has 0 saturated carbocycles. The number of piperidine rings is 1. The van der Waals surface area contributed by atoms with Crippen molar-refractivity contribution >= 4 is 5.91 Å². The minimum atomic E-state index is 0.0457. The van der Waals surface area contributed by atoms with E-state index in [-0.39, 0.29) is 12.5 Å². The van der Waals surface area contributed by atoms with Crippen molar-refractivity contribution in [3.8, 4) is 17.2 Å². The van der Waals surface area contributed by atoms with Crippen LogP contribution in [0.2, 0.25) is 0 Å². The molecular formula is C17H21N3O3. The number of benzene rings is 1. The minimum absolute atomic E-state index is 0.0457. The molecule has 0 radical (unpaired) electrons. The van der Waals surface area contributed by atoms with E-state index in [0.29, 0.717) is 23.5 Å². The first-order valence-corrected chi connectivity index (χ1v) is 7.89. The van der Waals surface area contributed by atoms with Gasteiger partial charge in [0, 0.05) is 18.7 Å². The second-order valence-corrected chi connectivity index (χ2v) is 6.30. The molecule has 1 fully saturated rings. The number of hydrogen-bond acceptors (Lipinski definition) is 5. The van der Waals surface area contributed by atoms with Gasteiger partial charge in [-0.1, -0.05) is 13.8 Å². The smallest absolute Gasteiger partial charge is 0.260 e. The Morgan fingerprint density at radius 3 is 2.57 bits per heavy atom. The van der Waals surface area contributed by atoms with Crippen molar-refractivity contribution in [2.45, 2.75) is 20.3 Å². The summed E-state index contributed by atoms with van der Waals surface area (Å²) < 4.78 is 10.7. The average Bonchev–Trinajstić information content (AvgIpc) is 3.06. The molecule has 0 bridgehead atoms. The van der Waals surface area contributed by atoms with Crippen molar-refractivity contribution in [3.63, 3.8) is 0 Å². The molecule has 0 spiro atoms. The van der Waals surface area contributed by atoms with Crippen molar-refractivity contribution in [2.24, 2.45) is 11.8 Å². The minimum Gasteiger partial charge on any atom is -0.484 e. The van der Waals surface area contributed by atoms with Crippen LogP contribution >= 0.6 is 0 Å². The van der Waals surface area contributed by atoms with Crippen LogP contribution in [0, 0.1) is 11.8 Å². The highest BCUT2D eigenvalue weighted by Crippen LogP contribution is 2.22. The van der Waals surface area contributed by atoms with Crippen LogP contribution in [-0.4, -0.2) is 40.7 Å². The number of aromatic nitrogens is 2. The van der Waals surface area contributed by atoms with Crippen LogP contribution in [0.5, 0.6) is 5.75 Å². The van der Waals surface area contributed by atoms with Crippen LogP contribution in [-0.2, 0) is 4.79 Å². The van der Waals surface area contributed by atoms with E-state index in [1.807, 2.05) is 17.0 Å². The zero-order valence-electron chi connectivity index (χ0n) is 13.4. The number of hydrogen-bond donors (Lipinski definition) is 0. The van der Waals surface area contributed by atoms with E-state index in [1.54, 1.807) is 12.1 Å². The molecule has 1 aromatic heterocycles. The molecule has 23 heavy (non-hydrogen) atoms. The van der Waals surface area contributed by atoms with Crippen LogP contribution in [0.25, 0.3) is 11.5 Å². The molecule has 3 rings (SSSR count). The van der Waals surface area contributed by atoms with Gasteiger partial charge in [-0.05, 0) is 42.5 Å². The molecule has 1 aliphatic heterocycles. The third-order valence-electron chi connectivity index (χ3n) is 4.05. The fourth-order valence-electron chi connectivity index (χ4n) is 3.10. The summed E-state index contributed by atoms with van der Waals surface area (Å²) in [6.07, 6.45) is 2.47. The largest absolute Gasteiger partial charge is 0.484 e. The van der Waals surface area contributed by atoms with Gasteiger partial charge in [0.05, 0.1) is 0 Å². The lowest BCUT2D eigenvalue weighted by Gasteiger charge is -2.34. The van der Waals surface area contributed by atoms with Gasteiger partial charge in [-0.3, -0.25) is 4.79 Å². The Morgan fingerprint density at radius 2 is 1.96 bits per heavy atom. The Hall–Kier alpha value is -2.37. The molecule has 2 aromatic rings. The fraction of sp³-hybridized carbons (Fsp3) is 0.471. The Morgan fingerprint density at radius 1 is 1.26 bits per heavy atom. The number of rotatable bonds is 4. The molecule has 1 aromatic carbocycles. The summed E-state index contributed by atoms with van der Waals surface area (Å²) in [6.45, 7) is 6.09. The maximum Gasteiger partial charge on any atom is 0.260 e. The number of ether oxygens (including phenoxy) is 1. The number of nitrogens with zero attached hydrogens (tertiary/aromatic N) is 3. The third kappa shape index (κ3) is 3.88. The summed E-state index contributed by atoms with van der Waals surface area (Å²) in [5.74, 6) is 2.26. The van der Waals surface area contributed by atoms with Crippen LogP contribution in [0.4, 0.5) is 0 Å². The van der Waals surface area contributed by atoms with Crippen LogP contribution in [0.15, 0.2) is 35.1 Å². The van der Waals surface area contributed by atoms with Gasteiger partial charge < -0.3 is 14.1 Å². The molecule has 0 unspecified atom stereocenters. The molecular weight excluding hydrogens is 294 g/mol. The lowest BCUT2D eigenvalue weighted by atomic mass is 9.92. The topological polar surface area (TPSA) is 68.5 Å². The van der Waals surface area contributed by atoms with Crippen molar-refractivity contribution in [3.05, 3.63) is 30.7 Å². The van der Waals surface area contributed by atoms with Gasteiger partial charge in [0.2, 0.25) is 12.3 Å². The number of likely N-dealkylation sites (tertiary alicyclic amines) is 1. The van der Waals surface area contributed by atoms with Crippen molar-refractivity contribution in [1.82, 2.24) is 15.1 Å². The third-order valence-corrected chi connectivity index (χ3v) is 4.05. The van der Waals surface area contributed by atoms with E-state index in [1.165, 1.54) is 12.8 Å². The second kappa shape index (κ2) is 6.81. The standard InChI is InChI=1S/C17H21N3O3/c1-12-7-13(2)9-20(8-12)16(21)10-22-15-5-3-14(4-6-15)17-19-18-11-23-17/h3-6,11-13H,7-10H2,1-2H3/t12-,13-/m1/s1. The van der Waals surface area contributed by atoms with Gasteiger partial charge in [-0.15, -0.1) is 10.2 Å². The quantitative estimate of drug-likeness (QED) is 0.867. The van der Waals surface area contributed by atoms with E-state index < -0.39 is 0 Å². The molecule has 1 aliphatic rings. The average molecular weight is 315 g/mol. The van der Waals surface area contributed by atoms with Crippen LogP contribution in [0.1, 0.15) is 20.3 Å². The van der Waals surface area contributed by atoms with Gasteiger partial charge in [-0.25, -0.2) is 0 Å². The molecule has 0 aliphatic carbocycles. The van der Waals surface area contributed by atoms with E-state index in [4.69, 9.17) is 9.15 Å². The maximum atomic E-state index is 12.3. The van der Waals surface area contributed by atoms with Crippen LogP contribution < -0.4 is 4.74 Å². The summed E-state index contributed by atoms with van der Waals surface area (Å²) >= 11 is 0. The zero-order valence-corrected chi connectivity index (χ0v) is 13.4. The van der Waals surface area contributed by atoms with E-state index in [9.17, 15) is 4.79 Å². The van der Waals surface area contributed by atoms with Gasteiger partial charge in [-0.2, -0.15) is 0 Å². The van der Waals surface area contributed by atoms with Crippen LogP contribution in [0.3, 0.4) is 0 Å². The molecule has 2 heterocycles. The Kier molecular flexibility index (Phi) is 4.60. The SMILES string of the molecule is C[C@@H]1C[C@@H](C)CN(C(=O)COc2ccc(-c3nnco3)cc2)C1. The highest BCUT2D eigenvalue weighted by atomic mass is 16.5. The summed E-state index contributed by atoms with van der Waals surface area (Å²) in [6, 6.07) is 7.26. The molecule has 122 valence electrons. The fourth-order valence-corrected chi connectivity index (χ4v) is 3.10. The Balaban J connectivity index is 1.54. The molecule has 2 atom stereocenters. The monoisotopic (exact) mass is 315 g/mol.